The van der Waals surface area contributed by atoms with E-state index in [-0.39, 0.29) is 6.04 Å². The van der Waals surface area contributed by atoms with Crippen LogP contribution in [0.2, 0.25) is 5.15 Å². The van der Waals surface area contributed by atoms with Gasteiger partial charge >= 0.3 is 0 Å². The SMILES string of the molecule is CC(NCc1cscn1)c1cccnc1Cl. The number of pyridine rings is 1. The molecule has 0 aliphatic rings. The number of rotatable bonds is 4. The highest BCUT2D eigenvalue weighted by Crippen LogP contribution is 2.20. The van der Waals surface area contributed by atoms with E-state index in [0.29, 0.717) is 5.15 Å². The van der Waals surface area contributed by atoms with Gasteiger partial charge in [0, 0.05) is 29.7 Å². The fraction of sp³-hybridized carbons (Fsp3) is 0.273. The summed E-state index contributed by atoms with van der Waals surface area (Å²) in [7, 11) is 0. The summed E-state index contributed by atoms with van der Waals surface area (Å²) in [5.41, 5.74) is 3.90. The molecule has 2 aromatic heterocycles. The minimum absolute atomic E-state index is 0.169. The molecule has 84 valence electrons. The predicted molar refractivity (Wildman–Crippen MR) is 66.6 cm³/mol. The summed E-state index contributed by atoms with van der Waals surface area (Å²) < 4.78 is 0. The van der Waals surface area contributed by atoms with Gasteiger partial charge in [0.05, 0.1) is 11.2 Å². The lowest BCUT2D eigenvalue weighted by Gasteiger charge is -2.13. The van der Waals surface area contributed by atoms with E-state index in [1.165, 1.54) is 0 Å². The highest BCUT2D eigenvalue weighted by atomic mass is 35.5. The van der Waals surface area contributed by atoms with E-state index in [1.807, 2.05) is 23.0 Å². The minimum atomic E-state index is 0.169. The Bertz CT molecular complexity index is 444. The molecular weight excluding hydrogens is 242 g/mol. The van der Waals surface area contributed by atoms with E-state index in [1.54, 1.807) is 17.5 Å². The Kier molecular flexibility index (Phi) is 3.88. The topological polar surface area (TPSA) is 37.8 Å². The molecule has 0 bridgehead atoms. The van der Waals surface area contributed by atoms with Crippen molar-refractivity contribution in [1.82, 2.24) is 15.3 Å². The average molecular weight is 254 g/mol. The van der Waals surface area contributed by atoms with Crippen molar-refractivity contribution in [3.05, 3.63) is 45.6 Å². The molecular formula is C11H12ClN3S. The molecule has 3 nitrogen and oxygen atoms in total. The van der Waals surface area contributed by atoms with Gasteiger partial charge in [0.25, 0.3) is 0 Å². The van der Waals surface area contributed by atoms with Gasteiger partial charge in [-0.1, -0.05) is 17.7 Å². The summed E-state index contributed by atoms with van der Waals surface area (Å²) in [5.74, 6) is 0. The van der Waals surface area contributed by atoms with Crippen molar-refractivity contribution < 1.29 is 0 Å². The minimum Gasteiger partial charge on any atom is -0.304 e. The van der Waals surface area contributed by atoms with Crippen LogP contribution in [0.1, 0.15) is 24.2 Å². The summed E-state index contributed by atoms with van der Waals surface area (Å²) in [5, 5.41) is 5.95. The maximum atomic E-state index is 6.02. The lowest BCUT2D eigenvalue weighted by atomic mass is 10.1. The van der Waals surface area contributed by atoms with Gasteiger partial charge in [-0.2, -0.15) is 0 Å². The van der Waals surface area contributed by atoms with Crippen molar-refractivity contribution in [1.29, 1.82) is 0 Å². The first-order chi connectivity index (χ1) is 7.77. The molecule has 2 aromatic rings. The van der Waals surface area contributed by atoms with Crippen LogP contribution in [0.15, 0.2) is 29.2 Å². The summed E-state index contributed by atoms with van der Waals surface area (Å²) >= 11 is 7.62. The van der Waals surface area contributed by atoms with Crippen molar-refractivity contribution in [3.8, 4) is 0 Å². The molecule has 1 atom stereocenters. The average Bonchev–Trinajstić information content (AvgIpc) is 2.79. The monoisotopic (exact) mass is 253 g/mol. The Hall–Kier alpha value is -0.970. The molecule has 1 unspecified atom stereocenters. The molecule has 0 aromatic carbocycles. The van der Waals surface area contributed by atoms with Gasteiger partial charge in [-0.3, -0.25) is 0 Å². The number of hydrogen-bond acceptors (Lipinski definition) is 4. The maximum absolute atomic E-state index is 6.02. The number of halogens is 1. The van der Waals surface area contributed by atoms with E-state index in [2.05, 4.69) is 22.2 Å². The van der Waals surface area contributed by atoms with Crippen LogP contribution in [0.5, 0.6) is 0 Å². The van der Waals surface area contributed by atoms with Gasteiger partial charge in [0.2, 0.25) is 0 Å². The van der Waals surface area contributed by atoms with Crippen molar-refractivity contribution in [2.24, 2.45) is 0 Å². The molecule has 0 aliphatic carbocycles. The first kappa shape index (κ1) is 11.5. The number of hydrogen-bond donors (Lipinski definition) is 1. The van der Waals surface area contributed by atoms with E-state index >= 15 is 0 Å². The standard InChI is InChI=1S/C11H12ClN3S/c1-8(10-3-2-4-13-11(10)12)14-5-9-6-16-7-15-9/h2-4,6-8,14H,5H2,1H3. The molecule has 2 heterocycles. The lowest BCUT2D eigenvalue weighted by molar-refractivity contribution is 0.568. The van der Waals surface area contributed by atoms with Gasteiger partial charge in [0.1, 0.15) is 5.15 Å². The summed E-state index contributed by atoms with van der Waals surface area (Å²) in [6.45, 7) is 2.81. The fourth-order valence-electron chi connectivity index (χ4n) is 1.41. The Morgan fingerprint density at radius 2 is 2.38 bits per heavy atom. The number of nitrogens with zero attached hydrogens (tertiary/aromatic N) is 2. The Labute approximate surface area is 104 Å². The van der Waals surface area contributed by atoms with E-state index < -0.39 is 0 Å². The number of thiazole rings is 1. The zero-order chi connectivity index (χ0) is 11.4. The number of nitrogens with one attached hydrogen (secondary N) is 1. The third-order valence-corrected chi connectivity index (χ3v) is 3.28. The van der Waals surface area contributed by atoms with Crippen LogP contribution >= 0.6 is 22.9 Å². The molecule has 0 spiro atoms. The van der Waals surface area contributed by atoms with Gasteiger partial charge in [0.15, 0.2) is 0 Å². The Morgan fingerprint density at radius 3 is 3.06 bits per heavy atom. The molecule has 2 rings (SSSR count). The van der Waals surface area contributed by atoms with Crippen LogP contribution in [0.3, 0.4) is 0 Å². The van der Waals surface area contributed by atoms with E-state index in [9.17, 15) is 0 Å². The molecule has 0 amide bonds. The molecule has 16 heavy (non-hydrogen) atoms. The first-order valence-corrected chi connectivity index (χ1v) is 6.30. The van der Waals surface area contributed by atoms with Crippen LogP contribution in [-0.4, -0.2) is 9.97 Å². The number of aromatic nitrogens is 2. The Morgan fingerprint density at radius 1 is 1.50 bits per heavy atom. The smallest absolute Gasteiger partial charge is 0.133 e. The van der Waals surface area contributed by atoms with Gasteiger partial charge in [-0.15, -0.1) is 11.3 Å². The molecule has 0 saturated carbocycles. The fourth-order valence-corrected chi connectivity index (χ4v) is 2.26. The van der Waals surface area contributed by atoms with Gasteiger partial charge in [-0.05, 0) is 13.0 Å². The van der Waals surface area contributed by atoms with Gasteiger partial charge in [-0.25, -0.2) is 9.97 Å². The summed E-state index contributed by atoms with van der Waals surface area (Å²) in [4.78, 5) is 8.27. The van der Waals surface area contributed by atoms with Crippen LogP contribution in [-0.2, 0) is 6.54 Å². The second kappa shape index (κ2) is 5.39. The second-order valence-corrected chi connectivity index (χ2v) is 4.54. The molecule has 1 N–H and O–H groups in total. The van der Waals surface area contributed by atoms with Crippen LogP contribution in [0.4, 0.5) is 0 Å². The highest BCUT2D eigenvalue weighted by Gasteiger charge is 2.09. The third-order valence-electron chi connectivity index (χ3n) is 2.33. The lowest BCUT2D eigenvalue weighted by Crippen LogP contribution is -2.18. The third kappa shape index (κ3) is 2.78. The first-order valence-electron chi connectivity index (χ1n) is 4.98. The zero-order valence-electron chi connectivity index (χ0n) is 8.85. The molecule has 0 fully saturated rings. The largest absolute Gasteiger partial charge is 0.304 e. The van der Waals surface area contributed by atoms with Crippen molar-refractivity contribution >= 4 is 22.9 Å². The second-order valence-electron chi connectivity index (χ2n) is 3.47. The van der Waals surface area contributed by atoms with Crippen LogP contribution in [0, 0.1) is 0 Å². The molecule has 5 heteroatoms. The quantitative estimate of drug-likeness (QED) is 0.851. The molecule has 0 radical (unpaired) electrons. The van der Waals surface area contributed by atoms with Crippen molar-refractivity contribution in [2.45, 2.75) is 19.5 Å². The van der Waals surface area contributed by atoms with E-state index in [0.717, 1.165) is 17.8 Å². The Balaban J connectivity index is 1.98. The molecule has 0 saturated heterocycles. The zero-order valence-corrected chi connectivity index (χ0v) is 10.4. The summed E-state index contributed by atoms with van der Waals surface area (Å²) in [6, 6.07) is 4.04. The van der Waals surface area contributed by atoms with Crippen LogP contribution < -0.4 is 5.32 Å². The van der Waals surface area contributed by atoms with Crippen LogP contribution in [0.25, 0.3) is 0 Å². The normalized spacial score (nSPS) is 12.6. The predicted octanol–water partition coefficient (Wildman–Crippen LogP) is 3.04. The maximum Gasteiger partial charge on any atom is 0.133 e. The molecule has 0 aliphatic heterocycles. The van der Waals surface area contributed by atoms with Gasteiger partial charge < -0.3 is 5.32 Å². The summed E-state index contributed by atoms with van der Waals surface area (Å²) in [6.07, 6.45) is 1.69. The van der Waals surface area contributed by atoms with Crippen molar-refractivity contribution in [3.63, 3.8) is 0 Å². The van der Waals surface area contributed by atoms with E-state index in [4.69, 9.17) is 11.6 Å². The highest BCUT2D eigenvalue weighted by molar-refractivity contribution is 7.07. The van der Waals surface area contributed by atoms with Crippen molar-refractivity contribution in [2.75, 3.05) is 0 Å².